The van der Waals surface area contributed by atoms with Gasteiger partial charge in [-0.25, -0.2) is 9.78 Å². The van der Waals surface area contributed by atoms with Gasteiger partial charge in [0.15, 0.2) is 5.89 Å². The molecule has 7 nitrogen and oxygen atoms in total. The van der Waals surface area contributed by atoms with Crippen LogP contribution in [-0.4, -0.2) is 66.6 Å². The summed E-state index contributed by atoms with van der Waals surface area (Å²) in [5.41, 5.74) is 0.834. The van der Waals surface area contributed by atoms with E-state index in [2.05, 4.69) is 9.72 Å². The van der Waals surface area contributed by atoms with Crippen LogP contribution < -0.4 is 4.74 Å². The molecule has 2 amide bonds. The summed E-state index contributed by atoms with van der Waals surface area (Å²) >= 11 is 0. The van der Waals surface area contributed by atoms with Gasteiger partial charge in [0.1, 0.15) is 12.0 Å². The molecule has 0 N–H and O–H groups in total. The predicted octanol–water partition coefficient (Wildman–Crippen LogP) is 3.60. The lowest BCUT2D eigenvalue weighted by atomic mass is 9.84. The van der Waals surface area contributed by atoms with Crippen LogP contribution in [0.1, 0.15) is 29.7 Å². The van der Waals surface area contributed by atoms with Crippen molar-refractivity contribution in [3.05, 3.63) is 48.2 Å². The topological polar surface area (TPSA) is 68.0 Å². The van der Waals surface area contributed by atoms with E-state index in [-0.39, 0.29) is 23.6 Å². The smallest absolute Gasteiger partial charge is 0.449 e. The van der Waals surface area contributed by atoms with Crippen molar-refractivity contribution < 1.29 is 31.9 Å². The number of carbonyl (C=O) groups is 1. The number of nitrogens with zero attached hydrogens (tertiary/aromatic N) is 3. The summed E-state index contributed by atoms with van der Waals surface area (Å²) < 4.78 is 52.0. The molecule has 0 saturated carbocycles. The molecule has 2 unspecified atom stereocenters. The average molecular weight is 425 g/mol. The standard InChI is InChI=1S/C20H22F3N3O4/c21-20(22,23)30-17-3-1-14(2-4-17)15-11-16(18-24-5-8-29-18)13-26(12-15)19(27)25-6-9-28-10-7-25/h1-5,8,15-16H,6-7,9-13H2. The van der Waals surface area contributed by atoms with E-state index in [9.17, 15) is 18.0 Å². The average Bonchev–Trinajstić information content (AvgIpc) is 3.28. The molecule has 0 bridgehead atoms. The molecule has 0 aliphatic carbocycles. The predicted molar refractivity (Wildman–Crippen MR) is 99.1 cm³/mol. The highest BCUT2D eigenvalue weighted by Crippen LogP contribution is 2.36. The zero-order valence-corrected chi connectivity index (χ0v) is 16.2. The van der Waals surface area contributed by atoms with Gasteiger partial charge < -0.3 is 23.7 Å². The molecule has 1 aromatic carbocycles. The summed E-state index contributed by atoms with van der Waals surface area (Å²) in [5.74, 6) is 0.111. The van der Waals surface area contributed by atoms with Gasteiger partial charge in [0.2, 0.25) is 0 Å². The number of ether oxygens (including phenoxy) is 2. The number of aromatic nitrogens is 1. The van der Waals surface area contributed by atoms with E-state index < -0.39 is 6.36 Å². The highest BCUT2D eigenvalue weighted by molar-refractivity contribution is 5.75. The highest BCUT2D eigenvalue weighted by atomic mass is 19.4. The number of hydrogen-bond acceptors (Lipinski definition) is 5. The lowest BCUT2D eigenvalue weighted by Gasteiger charge is -2.40. The van der Waals surface area contributed by atoms with Crippen LogP contribution in [0.2, 0.25) is 0 Å². The summed E-state index contributed by atoms with van der Waals surface area (Å²) in [6, 6.07) is 5.75. The second-order valence-corrected chi connectivity index (χ2v) is 7.40. The Bertz CT molecular complexity index is 836. The summed E-state index contributed by atoms with van der Waals surface area (Å²) in [6.07, 6.45) is -0.997. The summed E-state index contributed by atoms with van der Waals surface area (Å²) in [7, 11) is 0. The van der Waals surface area contributed by atoms with Crippen LogP contribution in [0, 0.1) is 0 Å². The van der Waals surface area contributed by atoms with Gasteiger partial charge in [-0.3, -0.25) is 0 Å². The monoisotopic (exact) mass is 425 g/mol. The van der Waals surface area contributed by atoms with E-state index in [4.69, 9.17) is 9.15 Å². The van der Waals surface area contributed by atoms with E-state index in [0.717, 1.165) is 5.56 Å². The third kappa shape index (κ3) is 4.86. The zero-order valence-electron chi connectivity index (χ0n) is 16.2. The summed E-state index contributed by atoms with van der Waals surface area (Å²) in [6.45, 7) is 3.02. The fourth-order valence-electron chi connectivity index (χ4n) is 4.01. The Kier molecular flexibility index (Phi) is 5.85. The molecular formula is C20H22F3N3O4. The molecule has 2 fully saturated rings. The Morgan fingerprint density at radius 2 is 1.77 bits per heavy atom. The van der Waals surface area contributed by atoms with Crippen molar-refractivity contribution in [1.82, 2.24) is 14.8 Å². The zero-order chi connectivity index (χ0) is 21.1. The lowest BCUT2D eigenvalue weighted by molar-refractivity contribution is -0.274. The number of oxazole rings is 1. The Labute approximate surface area is 171 Å². The Balaban J connectivity index is 1.53. The number of alkyl halides is 3. The number of piperidine rings is 1. The first-order valence-corrected chi connectivity index (χ1v) is 9.76. The van der Waals surface area contributed by atoms with Crippen LogP contribution in [0.3, 0.4) is 0 Å². The maximum absolute atomic E-state index is 13.1. The minimum absolute atomic E-state index is 0.0689. The van der Waals surface area contributed by atoms with E-state index >= 15 is 0 Å². The van der Waals surface area contributed by atoms with Crippen molar-refractivity contribution in [3.8, 4) is 5.75 Å². The number of halogens is 3. The Morgan fingerprint density at radius 1 is 1.07 bits per heavy atom. The molecule has 2 saturated heterocycles. The van der Waals surface area contributed by atoms with Crippen molar-refractivity contribution in [2.45, 2.75) is 24.6 Å². The van der Waals surface area contributed by atoms with Crippen LogP contribution in [0.25, 0.3) is 0 Å². The molecule has 0 spiro atoms. The van der Waals surface area contributed by atoms with Crippen LogP contribution in [0.15, 0.2) is 41.1 Å². The van der Waals surface area contributed by atoms with Gasteiger partial charge in [0, 0.05) is 32.1 Å². The summed E-state index contributed by atoms with van der Waals surface area (Å²) in [4.78, 5) is 20.8. The molecule has 162 valence electrons. The molecule has 3 heterocycles. The number of likely N-dealkylation sites (tertiary alicyclic amines) is 1. The maximum atomic E-state index is 13.1. The Morgan fingerprint density at radius 3 is 2.40 bits per heavy atom. The van der Waals surface area contributed by atoms with Gasteiger partial charge in [-0.2, -0.15) is 0 Å². The van der Waals surface area contributed by atoms with E-state index in [1.165, 1.54) is 18.4 Å². The molecule has 4 rings (SSSR count). The molecule has 30 heavy (non-hydrogen) atoms. The molecule has 2 aromatic rings. The van der Waals surface area contributed by atoms with Gasteiger partial charge in [-0.1, -0.05) is 12.1 Å². The quantitative estimate of drug-likeness (QED) is 0.752. The van der Waals surface area contributed by atoms with Gasteiger partial charge in [-0.15, -0.1) is 13.2 Å². The van der Waals surface area contributed by atoms with Crippen LogP contribution >= 0.6 is 0 Å². The van der Waals surface area contributed by atoms with Crippen LogP contribution in [-0.2, 0) is 4.74 Å². The van der Waals surface area contributed by atoms with E-state index in [1.54, 1.807) is 28.1 Å². The van der Waals surface area contributed by atoms with Crippen LogP contribution in [0.4, 0.5) is 18.0 Å². The van der Waals surface area contributed by atoms with E-state index in [0.29, 0.717) is 51.7 Å². The minimum Gasteiger partial charge on any atom is -0.449 e. The SMILES string of the molecule is O=C(N1CCOCC1)N1CC(c2ccc(OC(F)(F)F)cc2)CC(c2ncco2)C1. The van der Waals surface area contributed by atoms with Crippen molar-refractivity contribution in [1.29, 1.82) is 0 Å². The molecule has 10 heteroatoms. The first-order chi connectivity index (χ1) is 14.4. The first-order valence-electron chi connectivity index (χ1n) is 9.76. The number of carbonyl (C=O) groups excluding carboxylic acids is 1. The fraction of sp³-hybridized carbons (Fsp3) is 0.500. The largest absolute Gasteiger partial charge is 0.573 e. The molecule has 2 aliphatic rings. The highest BCUT2D eigenvalue weighted by Gasteiger charge is 2.36. The summed E-state index contributed by atoms with van der Waals surface area (Å²) in [5, 5.41) is 0. The third-order valence-corrected chi connectivity index (χ3v) is 5.39. The molecule has 2 aliphatic heterocycles. The first kappa shape index (κ1) is 20.5. The van der Waals surface area contributed by atoms with Gasteiger partial charge in [0.05, 0.1) is 25.3 Å². The minimum atomic E-state index is -4.73. The van der Waals surface area contributed by atoms with Gasteiger partial charge in [0.25, 0.3) is 0 Å². The number of urea groups is 1. The van der Waals surface area contributed by atoms with Crippen molar-refractivity contribution in [2.75, 3.05) is 39.4 Å². The van der Waals surface area contributed by atoms with E-state index in [1.807, 2.05) is 0 Å². The van der Waals surface area contributed by atoms with Gasteiger partial charge in [-0.05, 0) is 24.1 Å². The normalized spacial score (nSPS) is 22.8. The fourth-order valence-corrected chi connectivity index (χ4v) is 4.01. The number of hydrogen-bond donors (Lipinski definition) is 0. The number of rotatable bonds is 3. The molecule has 0 radical (unpaired) electrons. The molecule has 2 atom stereocenters. The van der Waals surface area contributed by atoms with Gasteiger partial charge >= 0.3 is 12.4 Å². The van der Waals surface area contributed by atoms with Crippen molar-refractivity contribution in [2.24, 2.45) is 0 Å². The second kappa shape index (κ2) is 8.55. The molecular weight excluding hydrogens is 403 g/mol. The second-order valence-electron chi connectivity index (χ2n) is 7.40. The van der Waals surface area contributed by atoms with Crippen molar-refractivity contribution >= 4 is 6.03 Å². The number of amides is 2. The maximum Gasteiger partial charge on any atom is 0.573 e. The van der Waals surface area contributed by atoms with Crippen LogP contribution in [0.5, 0.6) is 5.75 Å². The lowest BCUT2D eigenvalue weighted by Crippen LogP contribution is -2.52. The van der Waals surface area contributed by atoms with Crippen molar-refractivity contribution in [3.63, 3.8) is 0 Å². The third-order valence-electron chi connectivity index (χ3n) is 5.39. The molecule has 1 aromatic heterocycles. The number of benzene rings is 1. The Hall–Kier alpha value is -2.75. The number of morpholine rings is 1.